The summed E-state index contributed by atoms with van der Waals surface area (Å²) < 4.78 is 114. The summed E-state index contributed by atoms with van der Waals surface area (Å²) in [5.41, 5.74) is 4.61. The van der Waals surface area contributed by atoms with Crippen LogP contribution in [0.2, 0.25) is 0 Å². The summed E-state index contributed by atoms with van der Waals surface area (Å²) in [4.78, 5) is 74.8. The lowest BCUT2D eigenvalue weighted by Crippen LogP contribution is -2.70. The number of phosphoric acid groups is 1. The van der Waals surface area contributed by atoms with E-state index in [0.717, 1.165) is 137 Å². The molecule has 1 aliphatic carbocycles. The van der Waals surface area contributed by atoms with Gasteiger partial charge >= 0.3 is 23.9 Å². The van der Waals surface area contributed by atoms with Gasteiger partial charge in [0.2, 0.25) is 0 Å². The van der Waals surface area contributed by atoms with Crippen molar-refractivity contribution in [2.45, 2.75) is 532 Å². The van der Waals surface area contributed by atoms with Crippen LogP contribution in [0.5, 0.6) is 0 Å². The second-order valence-corrected chi connectivity index (χ2v) is 43.1. The highest BCUT2D eigenvalue weighted by molar-refractivity contribution is 7.45. The molecule has 824 valence electrons. The molecule has 20 nitrogen and oxygen atoms in total. The summed E-state index contributed by atoms with van der Waals surface area (Å²) in [5.74, 6) is -2.20. The minimum absolute atomic E-state index is 0.0192. The van der Waals surface area contributed by atoms with Crippen molar-refractivity contribution >= 4 is 31.7 Å². The fraction of sp³-hybridized carbons (Fsp3) is 0.683. The zero-order valence-electron chi connectivity index (χ0n) is 91.4. The van der Waals surface area contributed by atoms with Gasteiger partial charge in [0.05, 0.1) is 46.2 Å². The van der Waals surface area contributed by atoms with Crippen molar-refractivity contribution in [1.82, 2.24) is 0 Å². The number of carbonyl (C=O) groups is 4. The molecule has 2 aliphatic rings. The van der Waals surface area contributed by atoms with Gasteiger partial charge in [0.25, 0.3) is 7.82 Å². The van der Waals surface area contributed by atoms with Crippen LogP contribution in [0, 0.1) is 0 Å². The minimum Gasteiger partial charge on any atom is -0.756 e. The Bertz CT molecular complexity index is 4190. The first-order valence-electron chi connectivity index (χ1n) is 58.9. The smallest absolute Gasteiger partial charge is 0.306 e. The van der Waals surface area contributed by atoms with Crippen LogP contribution in [0.1, 0.15) is 453 Å². The van der Waals surface area contributed by atoms with E-state index >= 15 is 14.3 Å². The van der Waals surface area contributed by atoms with Gasteiger partial charge < -0.3 is 70.8 Å². The maximum Gasteiger partial charge on any atom is 0.306 e. The number of rotatable bonds is 92. The van der Waals surface area contributed by atoms with E-state index in [-0.39, 0.29) is 71.9 Å². The van der Waals surface area contributed by atoms with E-state index in [0.29, 0.717) is 31.2 Å². The van der Waals surface area contributed by atoms with Gasteiger partial charge in [-0.05, 0) is 59.1 Å². The molecule has 2 fully saturated rings. The predicted octanol–water partition coefficient (Wildman–Crippen LogP) is 32.3. The Morgan fingerprint density at radius 1 is 0.265 bits per heavy atom. The predicted molar refractivity (Wildman–Crippen MR) is 588 cm³/mol. The van der Waals surface area contributed by atoms with Gasteiger partial charge in [-0.1, -0.05) is 550 Å². The lowest BCUT2D eigenvalue weighted by atomic mass is 9.83. The highest BCUT2D eigenvalue weighted by Crippen LogP contribution is 2.48. The number of ether oxygens (including phenoxy) is 12. The zero-order valence-corrected chi connectivity index (χ0v) is 92.3. The fourth-order valence-corrected chi connectivity index (χ4v) is 21.0. The third-order valence-electron chi connectivity index (χ3n) is 28.8. The molecule has 0 bridgehead atoms. The molecular weight excluding hydrogens is 1860 g/mol. The van der Waals surface area contributed by atoms with E-state index < -0.39 is 118 Å². The van der Waals surface area contributed by atoms with Crippen LogP contribution in [0.15, 0.2) is 182 Å². The van der Waals surface area contributed by atoms with E-state index in [2.05, 4.69) is 27.7 Å². The van der Waals surface area contributed by atoms with Crippen LogP contribution in [0.4, 0.5) is 0 Å². The number of benzene rings is 6. The lowest BCUT2D eigenvalue weighted by Gasteiger charge is -2.52. The Labute approximate surface area is 888 Å². The zero-order chi connectivity index (χ0) is 104. The van der Waals surface area contributed by atoms with Gasteiger partial charge in [0.1, 0.15) is 68.1 Å². The molecule has 0 spiro atoms. The molecule has 8 rings (SSSR count). The van der Waals surface area contributed by atoms with Crippen LogP contribution < -0.4 is 4.89 Å². The van der Waals surface area contributed by atoms with Crippen LogP contribution in [-0.2, 0) is 129 Å². The second-order valence-electron chi connectivity index (χ2n) is 41.7. The molecule has 1 heterocycles. The molecule has 13 atom stereocenters. The van der Waals surface area contributed by atoms with Gasteiger partial charge in [-0.15, -0.1) is 0 Å². The normalized spacial score (nSPS) is 19.0. The first-order valence-corrected chi connectivity index (χ1v) is 60.4. The second kappa shape index (κ2) is 82.6. The number of hydrogen-bond donors (Lipinski definition) is 0. The van der Waals surface area contributed by atoms with Crippen molar-refractivity contribution in [3.8, 4) is 0 Å². The molecule has 0 aromatic heterocycles. The summed E-state index contributed by atoms with van der Waals surface area (Å²) in [6.07, 6.45) is 47.6. The first kappa shape index (κ1) is 125. The number of unbranched alkanes of at least 4 members (excludes halogenated alkanes) is 53. The number of phosphoric ester groups is 1. The third-order valence-corrected chi connectivity index (χ3v) is 29.8. The third kappa shape index (κ3) is 57.5. The van der Waals surface area contributed by atoms with E-state index in [1.165, 1.54) is 231 Å². The summed E-state index contributed by atoms with van der Waals surface area (Å²) in [5, 5.41) is 0. The molecule has 21 heteroatoms. The topological polar surface area (TPSA) is 238 Å². The van der Waals surface area contributed by atoms with Gasteiger partial charge in [0.15, 0.2) is 18.5 Å². The van der Waals surface area contributed by atoms with Crippen molar-refractivity contribution in [1.29, 1.82) is 0 Å². The van der Waals surface area contributed by atoms with E-state index in [4.69, 9.17) is 65.9 Å². The molecule has 2 unspecified atom stereocenters. The summed E-state index contributed by atoms with van der Waals surface area (Å²) in [6, 6.07) is 57.5. The highest BCUT2D eigenvalue weighted by atomic mass is 31.2. The van der Waals surface area contributed by atoms with Crippen molar-refractivity contribution in [3.63, 3.8) is 0 Å². The van der Waals surface area contributed by atoms with Gasteiger partial charge in [-0.2, -0.15) is 0 Å². The molecule has 6 aromatic rings. The summed E-state index contributed by atoms with van der Waals surface area (Å²) in [6.45, 7) is 7.01. The molecule has 1 saturated carbocycles. The molecular formula is C126H194O20P-. The minimum atomic E-state index is -5.91. The Morgan fingerprint density at radius 3 is 0.803 bits per heavy atom. The average molecular weight is 2060 g/mol. The molecule has 0 amide bonds. The van der Waals surface area contributed by atoms with Gasteiger partial charge in [0, 0.05) is 25.7 Å². The summed E-state index contributed by atoms with van der Waals surface area (Å²) >= 11 is 0. The van der Waals surface area contributed by atoms with Crippen LogP contribution >= 0.6 is 7.82 Å². The van der Waals surface area contributed by atoms with E-state index in [1.807, 2.05) is 182 Å². The van der Waals surface area contributed by atoms with Crippen LogP contribution in [-0.4, -0.2) is 117 Å². The van der Waals surface area contributed by atoms with Crippen molar-refractivity contribution in [3.05, 3.63) is 215 Å². The maximum atomic E-state index is 16.2. The standard InChI is InChI=1S/C126H195O20P/c1-5-9-13-17-21-25-29-33-35-37-40-43-46-50-54-76-92-113(127)133-102-111(142-115(129)94-78-56-52-48-44-39-32-28-24-20-16-12-8-4)103-141-147(131,132)146-124-121(139-100-109-88-72-62-73-89-109)119(137-98-107-84-68-60-69-85-107)120(138-99-108-86-70-61-71-87-108)122(144-116(130)95-79-57-53-49-45-41-36-34-30-26-22-18-14-10-6-2)123(124)145-126-125(140-101-110-90-74-63-75-91-110)118(136-97-106-82-66-59-67-83-106)117(135-96-105-80-64-58-65-81-105)112(143-126)104-134-114(128)93-77-55-51-47-42-38-31-27-23-19-15-11-7-3/h58-75,80-91,111-112,117-126H,5-57,76-79,92-104H2,1-4H3,(H,131,132)/p-1/t111?,112-,117-,118+,119+,120+,121-,122-,123-,124+,125+,126-/m1/s1. The molecule has 147 heavy (non-hydrogen) atoms. The number of esters is 4. The summed E-state index contributed by atoms with van der Waals surface area (Å²) in [7, 11) is -5.91. The van der Waals surface area contributed by atoms with Crippen LogP contribution in [0.3, 0.4) is 0 Å². The maximum absolute atomic E-state index is 16.2. The molecule has 1 saturated heterocycles. The average Bonchev–Trinajstić information content (AvgIpc) is 0.745. The molecule has 1 aliphatic heterocycles. The number of hydrogen-bond acceptors (Lipinski definition) is 20. The van der Waals surface area contributed by atoms with E-state index in [9.17, 15) is 14.4 Å². The number of carbonyl (C=O) groups excluding carboxylic acids is 4. The quantitative estimate of drug-likeness (QED) is 0.0149. The van der Waals surface area contributed by atoms with Crippen molar-refractivity contribution in [2.24, 2.45) is 0 Å². The Kier molecular flexibility index (Phi) is 70.3. The van der Waals surface area contributed by atoms with E-state index in [1.54, 1.807) is 0 Å². The Hall–Kier alpha value is -7.01. The largest absolute Gasteiger partial charge is 0.756 e. The van der Waals surface area contributed by atoms with Crippen molar-refractivity contribution < 1.29 is 94.5 Å². The molecule has 0 radical (unpaired) electrons. The van der Waals surface area contributed by atoms with Gasteiger partial charge in [-0.25, -0.2) is 0 Å². The Morgan fingerprint density at radius 2 is 0.503 bits per heavy atom. The Balaban J connectivity index is 1.19. The first-order chi connectivity index (χ1) is 72.3. The SMILES string of the molecule is CCCCCCCCCCCCCCCCCCC(=O)OCC(COP(=O)([O-])O[C@H]1[C@H](OCc2ccccc2)[C@@H](OCc2ccccc2)[C@H](OCc2ccccc2)[C@@H](OC(=O)CCCCCCCCCCCCCCCCC)[C@H]1O[C@H]1O[C@H](COC(=O)CCCCCCCCCCCCCCC)[C@@H](OCc2ccccc2)[C@H](OCc2ccccc2)[C@@H]1OCc1ccccc1)OC(=O)CCCCCCCCCCCCCCC. The monoisotopic (exact) mass is 2060 g/mol. The lowest BCUT2D eigenvalue weighted by molar-refractivity contribution is -0.361. The van der Waals surface area contributed by atoms with Gasteiger partial charge in [-0.3, -0.25) is 23.7 Å². The highest BCUT2D eigenvalue weighted by Gasteiger charge is 2.60. The van der Waals surface area contributed by atoms with Crippen LogP contribution in [0.25, 0.3) is 0 Å². The molecule has 0 N–H and O–H groups in total. The van der Waals surface area contributed by atoms with Crippen molar-refractivity contribution in [2.75, 3.05) is 19.8 Å². The fourth-order valence-electron chi connectivity index (χ4n) is 20.0. The molecule has 6 aromatic carbocycles.